The molecule has 184 valence electrons. The predicted octanol–water partition coefficient (Wildman–Crippen LogP) is 0.543. The van der Waals surface area contributed by atoms with Crippen LogP contribution in [0.3, 0.4) is 0 Å². The molecule has 10 heteroatoms. The number of nitrogens with one attached hydrogen (secondary N) is 5. The van der Waals surface area contributed by atoms with Gasteiger partial charge in [0.1, 0.15) is 6.04 Å². The van der Waals surface area contributed by atoms with E-state index in [0.29, 0.717) is 49.9 Å². The first kappa shape index (κ1) is 28.2. The van der Waals surface area contributed by atoms with Gasteiger partial charge in [-0.2, -0.15) is 11.8 Å². The molecule has 0 aromatic carbocycles. The molecule has 0 radical (unpaired) electrons. The van der Waals surface area contributed by atoms with Crippen molar-refractivity contribution >= 4 is 35.4 Å². The molecule has 1 saturated heterocycles. The molecule has 1 aliphatic rings. The minimum absolute atomic E-state index is 0.00781. The van der Waals surface area contributed by atoms with Crippen LogP contribution in [0.5, 0.6) is 0 Å². The Morgan fingerprint density at radius 1 is 1.03 bits per heavy atom. The fourth-order valence-corrected chi connectivity index (χ4v) is 4.18. The van der Waals surface area contributed by atoms with Crippen molar-refractivity contribution in [1.29, 1.82) is 0 Å². The molecule has 1 rings (SSSR count). The summed E-state index contributed by atoms with van der Waals surface area (Å²) < 4.78 is 0. The second-order valence-electron chi connectivity index (χ2n) is 8.21. The summed E-state index contributed by atoms with van der Waals surface area (Å²) in [5.41, 5.74) is 0. The topological polar surface area (TPSA) is 128 Å². The number of hydrogen-bond acceptors (Lipinski definition) is 6. The molecule has 1 aliphatic heterocycles. The van der Waals surface area contributed by atoms with E-state index in [4.69, 9.17) is 0 Å². The number of carbonyl (C=O) groups excluding carboxylic acids is 4. The van der Waals surface area contributed by atoms with Crippen LogP contribution in [0, 0.1) is 5.92 Å². The standard InChI is InChI=1S/C22H41N5O4S/c1-3-4-5-6-7-19(27-17(2)28)22(31)25-12-11-24-20(29)9-13-32-16-21(30)26-15-18-8-10-23-14-18/h18-19,23H,3-16H2,1-2H3,(H,24,29)(H,25,31)(H,26,30)(H,27,28). The van der Waals surface area contributed by atoms with E-state index in [9.17, 15) is 19.2 Å². The molecular weight excluding hydrogens is 430 g/mol. The fourth-order valence-electron chi connectivity index (χ4n) is 3.42. The first-order chi connectivity index (χ1) is 15.4. The molecule has 2 atom stereocenters. The van der Waals surface area contributed by atoms with Gasteiger partial charge < -0.3 is 26.6 Å². The lowest BCUT2D eigenvalue weighted by atomic mass is 10.1. The molecule has 0 bridgehead atoms. The fraction of sp³-hybridized carbons (Fsp3) is 0.818. The summed E-state index contributed by atoms with van der Waals surface area (Å²) >= 11 is 1.44. The third-order valence-corrected chi connectivity index (χ3v) is 6.20. The second-order valence-corrected chi connectivity index (χ2v) is 9.31. The second kappa shape index (κ2) is 17.7. The Balaban J connectivity index is 2.08. The van der Waals surface area contributed by atoms with Gasteiger partial charge in [0.05, 0.1) is 5.75 Å². The van der Waals surface area contributed by atoms with Crippen molar-refractivity contribution in [2.75, 3.05) is 44.2 Å². The van der Waals surface area contributed by atoms with Gasteiger partial charge in [0.15, 0.2) is 0 Å². The van der Waals surface area contributed by atoms with Gasteiger partial charge in [0.25, 0.3) is 0 Å². The first-order valence-corrected chi connectivity index (χ1v) is 12.9. The highest BCUT2D eigenvalue weighted by Crippen LogP contribution is 2.07. The number of unbranched alkanes of at least 4 members (excludes halogenated alkanes) is 3. The Labute approximate surface area is 196 Å². The minimum atomic E-state index is -0.535. The lowest BCUT2D eigenvalue weighted by molar-refractivity contribution is -0.128. The summed E-state index contributed by atoms with van der Waals surface area (Å²) in [5.74, 6) is 0.891. The summed E-state index contributed by atoms with van der Waals surface area (Å²) in [6.07, 6.45) is 6.18. The van der Waals surface area contributed by atoms with Crippen molar-refractivity contribution in [3.05, 3.63) is 0 Å². The molecule has 0 spiro atoms. The van der Waals surface area contributed by atoms with E-state index in [1.165, 1.54) is 18.7 Å². The third-order valence-electron chi connectivity index (χ3n) is 5.24. The van der Waals surface area contributed by atoms with Gasteiger partial charge >= 0.3 is 0 Å². The van der Waals surface area contributed by atoms with Gasteiger partial charge in [-0.3, -0.25) is 19.2 Å². The number of amides is 4. The van der Waals surface area contributed by atoms with Crippen LogP contribution in [-0.2, 0) is 19.2 Å². The van der Waals surface area contributed by atoms with Crippen molar-refractivity contribution in [1.82, 2.24) is 26.6 Å². The summed E-state index contributed by atoms with van der Waals surface area (Å²) in [4.78, 5) is 47.4. The van der Waals surface area contributed by atoms with Crippen LogP contribution in [0.25, 0.3) is 0 Å². The largest absolute Gasteiger partial charge is 0.355 e. The Bertz CT molecular complexity index is 585. The zero-order valence-electron chi connectivity index (χ0n) is 19.6. The van der Waals surface area contributed by atoms with Gasteiger partial charge in [-0.05, 0) is 31.8 Å². The normalized spacial score (nSPS) is 16.2. The highest BCUT2D eigenvalue weighted by atomic mass is 32.2. The van der Waals surface area contributed by atoms with E-state index in [1.807, 2.05) is 0 Å². The zero-order chi connectivity index (χ0) is 23.6. The van der Waals surface area contributed by atoms with E-state index in [-0.39, 0.29) is 23.6 Å². The van der Waals surface area contributed by atoms with Crippen LogP contribution in [0.4, 0.5) is 0 Å². The van der Waals surface area contributed by atoms with Crippen LogP contribution < -0.4 is 26.6 Å². The highest BCUT2D eigenvalue weighted by molar-refractivity contribution is 7.99. The number of rotatable bonds is 17. The SMILES string of the molecule is CCCCCCC(NC(C)=O)C(=O)NCCNC(=O)CCSCC(=O)NCC1CCNC1. The third kappa shape index (κ3) is 14.3. The van der Waals surface area contributed by atoms with Crippen LogP contribution in [0.1, 0.15) is 58.8 Å². The van der Waals surface area contributed by atoms with Gasteiger partial charge in [0.2, 0.25) is 23.6 Å². The maximum absolute atomic E-state index is 12.3. The van der Waals surface area contributed by atoms with E-state index in [1.54, 1.807) is 0 Å². The molecular formula is C22H41N5O4S. The molecule has 5 N–H and O–H groups in total. The number of hydrogen-bond donors (Lipinski definition) is 5. The Kier molecular flexibility index (Phi) is 15.6. The Morgan fingerprint density at radius 3 is 2.50 bits per heavy atom. The van der Waals surface area contributed by atoms with Gasteiger partial charge in [0, 0.05) is 38.7 Å². The van der Waals surface area contributed by atoms with E-state index >= 15 is 0 Å². The lowest BCUT2D eigenvalue weighted by Gasteiger charge is -2.17. The molecule has 1 fully saturated rings. The minimum Gasteiger partial charge on any atom is -0.355 e. The van der Waals surface area contributed by atoms with Gasteiger partial charge in [-0.15, -0.1) is 0 Å². The Hall–Kier alpha value is -1.81. The van der Waals surface area contributed by atoms with Crippen molar-refractivity contribution in [2.45, 2.75) is 64.8 Å². The smallest absolute Gasteiger partial charge is 0.242 e. The number of carbonyl (C=O) groups is 4. The molecule has 0 aromatic heterocycles. The maximum Gasteiger partial charge on any atom is 0.242 e. The monoisotopic (exact) mass is 471 g/mol. The van der Waals surface area contributed by atoms with Crippen LogP contribution >= 0.6 is 11.8 Å². The van der Waals surface area contributed by atoms with Crippen molar-refractivity contribution in [3.8, 4) is 0 Å². The van der Waals surface area contributed by atoms with Crippen LogP contribution in [0.2, 0.25) is 0 Å². The first-order valence-electron chi connectivity index (χ1n) is 11.8. The molecule has 0 aliphatic carbocycles. The zero-order valence-corrected chi connectivity index (χ0v) is 20.4. The highest BCUT2D eigenvalue weighted by Gasteiger charge is 2.18. The maximum atomic E-state index is 12.3. The van der Waals surface area contributed by atoms with Crippen LogP contribution in [0.15, 0.2) is 0 Å². The quantitative estimate of drug-likeness (QED) is 0.197. The average molecular weight is 472 g/mol. The Morgan fingerprint density at radius 2 is 1.81 bits per heavy atom. The molecule has 2 unspecified atom stereocenters. The van der Waals surface area contributed by atoms with Crippen molar-refractivity contribution < 1.29 is 19.2 Å². The van der Waals surface area contributed by atoms with E-state index in [0.717, 1.165) is 45.2 Å². The summed E-state index contributed by atoms with van der Waals surface area (Å²) in [6, 6.07) is -0.535. The summed E-state index contributed by atoms with van der Waals surface area (Å²) in [5, 5.41) is 14.4. The van der Waals surface area contributed by atoms with E-state index < -0.39 is 6.04 Å². The van der Waals surface area contributed by atoms with Gasteiger partial charge in [-0.25, -0.2) is 0 Å². The number of thioether (sulfide) groups is 1. The van der Waals surface area contributed by atoms with Crippen molar-refractivity contribution in [2.24, 2.45) is 5.92 Å². The molecule has 0 aromatic rings. The summed E-state index contributed by atoms with van der Waals surface area (Å²) in [7, 11) is 0. The van der Waals surface area contributed by atoms with Crippen molar-refractivity contribution in [3.63, 3.8) is 0 Å². The lowest BCUT2D eigenvalue weighted by Crippen LogP contribution is -2.47. The van der Waals surface area contributed by atoms with Gasteiger partial charge in [-0.1, -0.05) is 32.6 Å². The molecule has 32 heavy (non-hydrogen) atoms. The summed E-state index contributed by atoms with van der Waals surface area (Å²) in [6.45, 7) is 6.85. The predicted molar refractivity (Wildman–Crippen MR) is 128 cm³/mol. The van der Waals surface area contributed by atoms with Crippen LogP contribution in [-0.4, -0.2) is 73.9 Å². The molecule has 1 heterocycles. The van der Waals surface area contributed by atoms with E-state index in [2.05, 4.69) is 33.5 Å². The molecule has 0 saturated carbocycles. The molecule has 9 nitrogen and oxygen atoms in total. The average Bonchev–Trinajstić information content (AvgIpc) is 3.28. The molecule has 4 amide bonds.